The van der Waals surface area contributed by atoms with Gasteiger partial charge in [-0.05, 0) is 12.5 Å². The molecule has 6 heteroatoms. The zero-order chi connectivity index (χ0) is 11.5. The predicted octanol–water partition coefficient (Wildman–Crippen LogP) is 1.68. The fraction of sp³-hybridized carbons (Fsp3) is 0.300. The lowest BCUT2D eigenvalue weighted by Gasteiger charge is -1.99. The minimum atomic E-state index is -0.447. The Hall–Kier alpha value is -1.82. The maximum Gasteiger partial charge on any atom is 0.259 e. The minimum Gasteiger partial charge on any atom is -0.334 e. The summed E-state index contributed by atoms with van der Waals surface area (Å²) in [6.07, 6.45) is 3.27. The molecule has 84 valence electrons. The molecule has 2 heterocycles. The second kappa shape index (κ2) is 4.36. The number of rotatable bonds is 3. The third kappa shape index (κ3) is 2.06. The van der Waals surface area contributed by atoms with E-state index in [1.807, 2.05) is 6.92 Å². The van der Waals surface area contributed by atoms with Gasteiger partial charge in [0, 0.05) is 6.20 Å². The number of halogens is 1. The van der Waals surface area contributed by atoms with Gasteiger partial charge in [-0.3, -0.25) is 4.98 Å². The highest BCUT2D eigenvalue weighted by atomic mass is 19.1. The molecule has 0 bridgehead atoms. The van der Waals surface area contributed by atoms with Crippen LogP contribution in [0.15, 0.2) is 23.0 Å². The first-order valence-electron chi connectivity index (χ1n) is 4.90. The number of aromatic nitrogens is 3. The van der Waals surface area contributed by atoms with Crippen LogP contribution in [0.1, 0.15) is 25.2 Å². The van der Waals surface area contributed by atoms with E-state index in [9.17, 15) is 4.39 Å². The van der Waals surface area contributed by atoms with Crippen LogP contribution in [0.5, 0.6) is 0 Å². The van der Waals surface area contributed by atoms with Gasteiger partial charge in [-0.15, -0.1) is 0 Å². The zero-order valence-electron chi connectivity index (χ0n) is 8.72. The van der Waals surface area contributed by atoms with Gasteiger partial charge in [0.1, 0.15) is 5.82 Å². The van der Waals surface area contributed by atoms with Crippen molar-refractivity contribution in [1.29, 1.82) is 0 Å². The van der Waals surface area contributed by atoms with E-state index in [2.05, 4.69) is 15.1 Å². The van der Waals surface area contributed by atoms with Gasteiger partial charge < -0.3 is 10.3 Å². The van der Waals surface area contributed by atoms with Gasteiger partial charge in [0.05, 0.1) is 17.8 Å². The molecule has 2 aromatic heterocycles. The van der Waals surface area contributed by atoms with Crippen LogP contribution in [0.25, 0.3) is 11.5 Å². The first kappa shape index (κ1) is 10.7. The Balaban J connectivity index is 2.31. The number of hydrogen-bond acceptors (Lipinski definition) is 5. The molecule has 0 amide bonds. The highest BCUT2D eigenvalue weighted by Crippen LogP contribution is 2.19. The molecule has 0 radical (unpaired) electrons. The van der Waals surface area contributed by atoms with Crippen molar-refractivity contribution in [2.75, 3.05) is 0 Å². The van der Waals surface area contributed by atoms with Crippen molar-refractivity contribution in [2.45, 2.75) is 19.4 Å². The van der Waals surface area contributed by atoms with E-state index in [-0.39, 0.29) is 11.9 Å². The van der Waals surface area contributed by atoms with Crippen molar-refractivity contribution in [2.24, 2.45) is 5.73 Å². The molecule has 0 aliphatic heterocycles. The smallest absolute Gasteiger partial charge is 0.259 e. The maximum absolute atomic E-state index is 12.9. The molecule has 2 aromatic rings. The van der Waals surface area contributed by atoms with Crippen molar-refractivity contribution >= 4 is 0 Å². The summed E-state index contributed by atoms with van der Waals surface area (Å²) in [5.74, 6) is 0.199. The largest absolute Gasteiger partial charge is 0.334 e. The quantitative estimate of drug-likeness (QED) is 0.854. The Labute approximate surface area is 91.5 Å². The topological polar surface area (TPSA) is 77.8 Å². The van der Waals surface area contributed by atoms with Gasteiger partial charge in [0.25, 0.3) is 5.89 Å². The summed E-state index contributed by atoms with van der Waals surface area (Å²) in [5.41, 5.74) is 6.19. The van der Waals surface area contributed by atoms with E-state index < -0.39 is 5.82 Å². The minimum absolute atomic E-state index is 0.228. The fourth-order valence-corrected chi connectivity index (χ4v) is 1.21. The molecule has 16 heavy (non-hydrogen) atoms. The standard InChI is InChI=1S/C10H11FN4O/c1-2-8(12)9-14-10(16-15-9)6-3-7(11)5-13-4-6/h3-5,8H,2,12H2,1H3. The third-order valence-corrected chi connectivity index (χ3v) is 2.17. The summed E-state index contributed by atoms with van der Waals surface area (Å²) < 4.78 is 17.9. The molecule has 2 rings (SSSR count). The van der Waals surface area contributed by atoms with Crippen molar-refractivity contribution in [1.82, 2.24) is 15.1 Å². The molecule has 1 atom stereocenters. The van der Waals surface area contributed by atoms with Crippen LogP contribution in [0.2, 0.25) is 0 Å². The molecule has 0 spiro atoms. The lowest BCUT2D eigenvalue weighted by atomic mass is 10.2. The molecule has 0 fully saturated rings. The highest BCUT2D eigenvalue weighted by Gasteiger charge is 2.14. The summed E-state index contributed by atoms with van der Waals surface area (Å²) in [7, 11) is 0. The molecule has 1 unspecified atom stereocenters. The molecule has 0 aliphatic rings. The van der Waals surface area contributed by atoms with Crippen LogP contribution < -0.4 is 5.73 Å². The Morgan fingerprint density at radius 2 is 2.31 bits per heavy atom. The maximum atomic E-state index is 12.9. The predicted molar refractivity (Wildman–Crippen MR) is 54.7 cm³/mol. The van der Waals surface area contributed by atoms with Crippen molar-refractivity contribution < 1.29 is 8.91 Å². The third-order valence-electron chi connectivity index (χ3n) is 2.17. The summed E-state index contributed by atoms with van der Waals surface area (Å²) >= 11 is 0. The Morgan fingerprint density at radius 1 is 1.50 bits per heavy atom. The van der Waals surface area contributed by atoms with E-state index in [0.717, 1.165) is 6.20 Å². The number of nitrogens with zero attached hydrogens (tertiary/aromatic N) is 3. The Morgan fingerprint density at radius 3 is 3.00 bits per heavy atom. The summed E-state index contributed by atoms with van der Waals surface area (Å²) in [5, 5.41) is 3.73. The molecule has 0 aromatic carbocycles. The van der Waals surface area contributed by atoms with Crippen molar-refractivity contribution in [3.05, 3.63) is 30.1 Å². The monoisotopic (exact) mass is 222 g/mol. The second-order valence-corrected chi connectivity index (χ2v) is 3.36. The number of hydrogen-bond donors (Lipinski definition) is 1. The molecule has 0 aliphatic carbocycles. The summed E-state index contributed by atoms with van der Waals surface area (Å²) in [4.78, 5) is 7.78. The van der Waals surface area contributed by atoms with Crippen LogP contribution in [0.3, 0.4) is 0 Å². The average Bonchev–Trinajstić information content (AvgIpc) is 2.77. The molecular weight excluding hydrogens is 211 g/mol. The second-order valence-electron chi connectivity index (χ2n) is 3.36. The van der Waals surface area contributed by atoms with E-state index in [1.165, 1.54) is 12.3 Å². The highest BCUT2D eigenvalue weighted by molar-refractivity contribution is 5.50. The number of nitrogens with two attached hydrogens (primary N) is 1. The number of pyridine rings is 1. The summed E-state index contributed by atoms with van der Waals surface area (Å²) in [6.45, 7) is 1.92. The molecule has 2 N–H and O–H groups in total. The van der Waals surface area contributed by atoms with Crippen LogP contribution in [-0.2, 0) is 0 Å². The van der Waals surface area contributed by atoms with Gasteiger partial charge in [-0.25, -0.2) is 4.39 Å². The van der Waals surface area contributed by atoms with Crippen LogP contribution >= 0.6 is 0 Å². The van der Waals surface area contributed by atoms with Gasteiger partial charge in [0.2, 0.25) is 0 Å². The fourth-order valence-electron chi connectivity index (χ4n) is 1.21. The molecule has 0 saturated heterocycles. The van der Waals surface area contributed by atoms with Crippen LogP contribution in [0, 0.1) is 5.82 Å². The van der Waals surface area contributed by atoms with E-state index in [1.54, 1.807) is 0 Å². The lowest BCUT2D eigenvalue weighted by Crippen LogP contribution is -2.10. The van der Waals surface area contributed by atoms with E-state index in [4.69, 9.17) is 10.3 Å². The lowest BCUT2D eigenvalue weighted by molar-refractivity contribution is 0.414. The van der Waals surface area contributed by atoms with Crippen LogP contribution in [-0.4, -0.2) is 15.1 Å². The van der Waals surface area contributed by atoms with Crippen molar-refractivity contribution in [3.8, 4) is 11.5 Å². The van der Waals surface area contributed by atoms with E-state index >= 15 is 0 Å². The first-order valence-corrected chi connectivity index (χ1v) is 4.90. The molecule has 5 nitrogen and oxygen atoms in total. The van der Waals surface area contributed by atoms with Gasteiger partial charge in [-0.1, -0.05) is 12.1 Å². The zero-order valence-corrected chi connectivity index (χ0v) is 8.72. The van der Waals surface area contributed by atoms with E-state index in [0.29, 0.717) is 17.8 Å². The van der Waals surface area contributed by atoms with Crippen molar-refractivity contribution in [3.63, 3.8) is 0 Å². The van der Waals surface area contributed by atoms with Crippen LogP contribution in [0.4, 0.5) is 4.39 Å². The Kier molecular flexibility index (Phi) is 2.91. The SMILES string of the molecule is CCC(N)c1noc(-c2cncc(F)c2)n1. The summed E-state index contributed by atoms with van der Waals surface area (Å²) in [6, 6.07) is 1.01. The van der Waals surface area contributed by atoms with Gasteiger partial charge in [0.15, 0.2) is 5.82 Å². The van der Waals surface area contributed by atoms with Gasteiger partial charge >= 0.3 is 0 Å². The Bertz CT molecular complexity index is 485. The van der Waals surface area contributed by atoms with Gasteiger partial charge in [-0.2, -0.15) is 4.98 Å². The average molecular weight is 222 g/mol. The molecule has 0 saturated carbocycles. The normalized spacial score (nSPS) is 12.7. The molecular formula is C10H11FN4O. The first-order chi connectivity index (χ1) is 7.70.